The molecule has 2 aromatic carbocycles. The minimum absolute atomic E-state index is 0.222. The van der Waals surface area contributed by atoms with Crippen LogP contribution in [0.5, 0.6) is 5.75 Å². The smallest absolute Gasteiger partial charge is 0.116 e. The average Bonchev–Trinajstić information content (AvgIpc) is 2.32. The summed E-state index contributed by atoms with van der Waals surface area (Å²) < 4.78 is 0. The molecule has 4 heteroatoms. The van der Waals surface area contributed by atoms with Gasteiger partial charge in [-0.15, -0.1) is 0 Å². The Balaban J connectivity index is 2.28. The molecular weight excluding hydrogens is 254 g/mol. The minimum Gasteiger partial charge on any atom is -0.508 e. The van der Waals surface area contributed by atoms with E-state index >= 15 is 0 Å². The third kappa shape index (κ3) is 2.94. The summed E-state index contributed by atoms with van der Waals surface area (Å²) in [6.07, 6.45) is 0. The highest BCUT2D eigenvalue weighted by Gasteiger charge is 2.04. The monoisotopic (exact) mass is 261 g/mol. The van der Waals surface area contributed by atoms with Crippen molar-refractivity contribution < 1.29 is 5.11 Å². The van der Waals surface area contributed by atoms with Crippen molar-refractivity contribution in [1.29, 1.82) is 5.26 Å². The van der Waals surface area contributed by atoms with Crippen molar-refractivity contribution in [1.82, 2.24) is 0 Å². The first-order valence-electron chi connectivity index (χ1n) is 4.85. The molecule has 2 rings (SSSR count). The van der Waals surface area contributed by atoms with Crippen LogP contribution in [0.4, 0.5) is 0 Å². The molecule has 17 heavy (non-hydrogen) atoms. The van der Waals surface area contributed by atoms with Gasteiger partial charge in [0.1, 0.15) is 5.75 Å². The fraction of sp³-hybridized carbons (Fsp3) is 0. The van der Waals surface area contributed by atoms with Crippen molar-refractivity contribution in [2.75, 3.05) is 0 Å². The molecule has 0 aliphatic heterocycles. The zero-order valence-electron chi connectivity index (χ0n) is 8.72. The fourth-order valence-electron chi connectivity index (χ4n) is 1.33. The van der Waals surface area contributed by atoms with Crippen molar-refractivity contribution in [2.24, 2.45) is 0 Å². The number of nitriles is 1. The molecule has 0 aliphatic carbocycles. The van der Waals surface area contributed by atoms with Crippen LogP contribution in [0.3, 0.4) is 0 Å². The van der Waals surface area contributed by atoms with Gasteiger partial charge >= 0.3 is 0 Å². The maximum absolute atomic E-state index is 9.35. The van der Waals surface area contributed by atoms with E-state index in [0.29, 0.717) is 10.6 Å². The lowest BCUT2D eigenvalue weighted by molar-refractivity contribution is 0.474. The minimum atomic E-state index is 0.222. The van der Waals surface area contributed by atoms with Gasteiger partial charge in [0.05, 0.1) is 16.7 Å². The van der Waals surface area contributed by atoms with Gasteiger partial charge in [-0.25, -0.2) is 0 Å². The number of nitrogens with zero attached hydrogens (tertiary/aromatic N) is 1. The van der Waals surface area contributed by atoms with Crippen molar-refractivity contribution >= 4 is 23.4 Å². The number of halogens is 1. The van der Waals surface area contributed by atoms with E-state index in [4.69, 9.17) is 16.9 Å². The first-order chi connectivity index (χ1) is 8.19. The second-order valence-corrected chi connectivity index (χ2v) is 4.88. The number of rotatable bonds is 2. The van der Waals surface area contributed by atoms with E-state index in [1.54, 1.807) is 36.4 Å². The average molecular weight is 262 g/mol. The quantitative estimate of drug-likeness (QED) is 0.886. The highest BCUT2D eigenvalue weighted by Crippen LogP contribution is 2.34. The van der Waals surface area contributed by atoms with Gasteiger partial charge in [0, 0.05) is 9.79 Å². The van der Waals surface area contributed by atoms with Crippen LogP contribution in [-0.4, -0.2) is 5.11 Å². The molecule has 0 aliphatic rings. The van der Waals surface area contributed by atoms with Gasteiger partial charge in [0.15, 0.2) is 0 Å². The van der Waals surface area contributed by atoms with Gasteiger partial charge in [0.2, 0.25) is 0 Å². The number of hydrogen-bond acceptors (Lipinski definition) is 3. The third-order valence-corrected chi connectivity index (χ3v) is 3.60. The summed E-state index contributed by atoms with van der Waals surface area (Å²) in [5.74, 6) is 0.222. The lowest BCUT2D eigenvalue weighted by Gasteiger charge is -2.04. The summed E-state index contributed by atoms with van der Waals surface area (Å²) in [5, 5.41) is 18.6. The topological polar surface area (TPSA) is 44.0 Å². The van der Waals surface area contributed by atoms with Gasteiger partial charge in [-0.1, -0.05) is 29.4 Å². The van der Waals surface area contributed by atoms with Crippen molar-refractivity contribution in [3.63, 3.8) is 0 Å². The van der Waals surface area contributed by atoms with E-state index in [1.807, 2.05) is 12.1 Å². The molecule has 0 heterocycles. The highest BCUT2D eigenvalue weighted by molar-refractivity contribution is 7.99. The summed E-state index contributed by atoms with van der Waals surface area (Å²) in [4.78, 5) is 1.76. The van der Waals surface area contributed by atoms with Crippen molar-refractivity contribution in [2.45, 2.75) is 9.79 Å². The van der Waals surface area contributed by atoms with Crippen LogP contribution in [0, 0.1) is 11.3 Å². The first kappa shape index (κ1) is 11.8. The van der Waals surface area contributed by atoms with E-state index < -0.39 is 0 Å². The lowest BCUT2D eigenvalue weighted by atomic mass is 10.2. The number of phenols is 1. The molecule has 2 nitrogen and oxygen atoms in total. The largest absolute Gasteiger partial charge is 0.508 e. The summed E-state index contributed by atoms with van der Waals surface area (Å²) in [7, 11) is 0. The van der Waals surface area contributed by atoms with E-state index in [9.17, 15) is 5.11 Å². The second-order valence-electron chi connectivity index (χ2n) is 3.36. The molecule has 0 fully saturated rings. The SMILES string of the molecule is N#Cc1ccc(Sc2cccc(O)c2)c(Cl)c1. The van der Waals surface area contributed by atoms with E-state index in [1.165, 1.54) is 11.8 Å². The van der Waals surface area contributed by atoms with Crippen LogP contribution < -0.4 is 0 Å². The van der Waals surface area contributed by atoms with Gasteiger partial charge in [-0.3, -0.25) is 0 Å². The zero-order valence-corrected chi connectivity index (χ0v) is 10.3. The van der Waals surface area contributed by atoms with Crippen LogP contribution in [0.1, 0.15) is 5.56 Å². The van der Waals surface area contributed by atoms with E-state index in [0.717, 1.165) is 9.79 Å². The molecule has 0 saturated carbocycles. The van der Waals surface area contributed by atoms with Gasteiger partial charge < -0.3 is 5.11 Å². The van der Waals surface area contributed by atoms with Crippen LogP contribution >= 0.6 is 23.4 Å². The number of aromatic hydroxyl groups is 1. The molecule has 0 aromatic heterocycles. The summed E-state index contributed by atoms with van der Waals surface area (Å²) >= 11 is 7.51. The maximum atomic E-state index is 9.35. The first-order valence-corrected chi connectivity index (χ1v) is 6.05. The predicted molar refractivity (Wildman–Crippen MR) is 68.4 cm³/mol. The Morgan fingerprint density at radius 1 is 1.18 bits per heavy atom. The van der Waals surface area contributed by atoms with Crippen LogP contribution in [0.25, 0.3) is 0 Å². The molecule has 0 atom stereocenters. The maximum Gasteiger partial charge on any atom is 0.116 e. The fourth-order valence-corrected chi connectivity index (χ4v) is 2.50. The van der Waals surface area contributed by atoms with Crippen LogP contribution in [0.15, 0.2) is 52.3 Å². The number of benzene rings is 2. The molecule has 0 bridgehead atoms. The zero-order chi connectivity index (χ0) is 12.3. The molecule has 0 unspecified atom stereocenters. The second kappa shape index (κ2) is 5.13. The number of phenolic OH excluding ortho intramolecular Hbond substituents is 1. The summed E-state index contributed by atoms with van der Waals surface area (Å²) in [5.41, 5.74) is 0.537. The Morgan fingerprint density at radius 2 is 2.00 bits per heavy atom. The van der Waals surface area contributed by atoms with Gasteiger partial charge in [0.25, 0.3) is 0 Å². The Hall–Kier alpha value is -1.63. The Morgan fingerprint density at radius 3 is 2.65 bits per heavy atom. The molecular formula is C13H8ClNOS. The Kier molecular flexibility index (Phi) is 3.58. The van der Waals surface area contributed by atoms with Crippen LogP contribution in [0.2, 0.25) is 5.02 Å². The molecule has 1 N–H and O–H groups in total. The standard InChI is InChI=1S/C13H8ClNOS/c14-12-6-9(8-15)4-5-13(12)17-11-3-1-2-10(16)7-11/h1-7,16H. The molecule has 0 saturated heterocycles. The molecule has 0 amide bonds. The van der Waals surface area contributed by atoms with E-state index in [2.05, 4.69) is 0 Å². The van der Waals surface area contributed by atoms with Crippen molar-refractivity contribution in [3.8, 4) is 11.8 Å². The van der Waals surface area contributed by atoms with Gasteiger partial charge in [-0.2, -0.15) is 5.26 Å². The van der Waals surface area contributed by atoms with Crippen molar-refractivity contribution in [3.05, 3.63) is 53.1 Å². The summed E-state index contributed by atoms with van der Waals surface area (Å²) in [6.45, 7) is 0. The van der Waals surface area contributed by atoms with Gasteiger partial charge in [-0.05, 0) is 36.4 Å². The Bertz CT molecular complexity index is 592. The highest BCUT2D eigenvalue weighted by atomic mass is 35.5. The lowest BCUT2D eigenvalue weighted by Crippen LogP contribution is -1.79. The Labute approximate surface area is 108 Å². The molecule has 2 aromatic rings. The normalized spacial score (nSPS) is 9.88. The third-order valence-electron chi connectivity index (χ3n) is 2.11. The number of hydrogen-bond donors (Lipinski definition) is 1. The predicted octanol–water partition coefficient (Wildman–Crippen LogP) is 4.07. The summed E-state index contributed by atoms with van der Waals surface area (Å²) in [6, 6.07) is 14.1. The van der Waals surface area contributed by atoms with Crippen LogP contribution in [-0.2, 0) is 0 Å². The molecule has 0 spiro atoms. The van der Waals surface area contributed by atoms with E-state index in [-0.39, 0.29) is 5.75 Å². The molecule has 84 valence electrons. The molecule has 0 radical (unpaired) electrons.